The Labute approximate surface area is 181 Å². The largest absolute Gasteiger partial charge is 0.326 e. The lowest BCUT2D eigenvalue weighted by molar-refractivity contribution is -0.121. The van der Waals surface area contributed by atoms with Crippen molar-refractivity contribution >= 4 is 40.7 Å². The number of carbonyl (C=O) groups excluding carboxylic acids is 3. The number of amides is 3. The van der Waals surface area contributed by atoms with Crippen molar-refractivity contribution in [2.75, 3.05) is 23.7 Å². The van der Waals surface area contributed by atoms with E-state index in [0.717, 1.165) is 12.8 Å². The van der Waals surface area contributed by atoms with Crippen LogP contribution >= 0.6 is 11.6 Å². The van der Waals surface area contributed by atoms with E-state index in [1.54, 1.807) is 53.4 Å². The third kappa shape index (κ3) is 5.60. The summed E-state index contributed by atoms with van der Waals surface area (Å²) in [5.41, 5.74) is 2.00. The Kier molecular flexibility index (Phi) is 7.11. The second kappa shape index (κ2) is 9.76. The molecule has 1 heterocycles. The molecule has 1 aliphatic heterocycles. The van der Waals surface area contributed by atoms with Gasteiger partial charge in [-0.2, -0.15) is 0 Å². The van der Waals surface area contributed by atoms with Gasteiger partial charge in [0.2, 0.25) is 5.91 Å². The van der Waals surface area contributed by atoms with Crippen molar-refractivity contribution in [2.45, 2.75) is 26.7 Å². The predicted molar refractivity (Wildman–Crippen MR) is 119 cm³/mol. The van der Waals surface area contributed by atoms with Crippen molar-refractivity contribution in [2.24, 2.45) is 11.8 Å². The average molecular weight is 428 g/mol. The molecule has 1 aliphatic rings. The highest BCUT2D eigenvalue weighted by Gasteiger charge is 2.30. The average Bonchev–Trinajstić information content (AvgIpc) is 2.75. The van der Waals surface area contributed by atoms with Crippen molar-refractivity contribution in [1.29, 1.82) is 0 Å². The van der Waals surface area contributed by atoms with Gasteiger partial charge < -0.3 is 15.5 Å². The minimum atomic E-state index is -0.168. The van der Waals surface area contributed by atoms with E-state index in [4.69, 9.17) is 11.6 Å². The Bertz CT molecular complexity index is 904. The number of ketones is 1. The summed E-state index contributed by atoms with van der Waals surface area (Å²) in [4.78, 5) is 38.2. The standard InChI is InChI=1S/C23H26ClN3O3/c1-15(22(29)25-20-7-3-18(4-8-20)16(2)28)17-11-13-27(14-12-17)23(30)26-21-9-5-19(24)6-10-21/h3-10,15,17H,11-14H2,1-2H3,(H,25,29)(H,26,30)/t15-/m0/s1. The van der Waals surface area contributed by atoms with Crippen molar-refractivity contribution < 1.29 is 14.4 Å². The van der Waals surface area contributed by atoms with E-state index in [0.29, 0.717) is 35.1 Å². The molecule has 158 valence electrons. The third-order valence-corrected chi connectivity index (χ3v) is 5.85. The van der Waals surface area contributed by atoms with E-state index in [9.17, 15) is 14.4 Å². The molecule has 30 heavy (non-hydrogen) atoms. The first-order valence-electron chi connectivity index (χ1n) is 10.1. The van der Waals surface area contributed by atoms with Crippen LogP contribution in [0.1, 0.15) is 37.0 Å². The number of nitrogens with one attached hydrogen (secondary N) is 2. The fraction of sp³-hybridized carbons (Fsp3) is 0.348. The highest BCUT2D eigenvalue weighted by Crippen LogP contribution is 2.27. The van der Waals surface area contributed by atoms with E-state index in [-0.39, 0.29) is 29.6 Å². The molecule has 0 spiro atoms. The lowest BCUT2D eigenvalue weighted by atomic mass is 9.85. The van der Waals surface area contributed by atoms with Gasteiger partial charge >= 0.3 is 6.03 Å². The Morgan fingerprint density at radius 1 is 0.933 bits per heavy atom. The monoisotopic (exact) mass is 427 g/mol. The van der Waals surface area contributed by atoms with Crippen molar-refractivity contribution in [1.82, 2.24) is 4.90 Å². The summed E-state index contributed by atoms with van der Waals surface area (Å²) in [6.45, 7) is 4.65. The molecule has 2 aromatic carbocycles. The molecule has 0 bridgehead atoms. The summed E-state index contributed by atoms with van der Waals surface area (Å²) < 4.78 is 0. The highest BCUT2D eigenvalue weighted by atomic mass is 35.5. The molecule has 3 amide bonds. The van der Waals surface area contributed by atoms with E-state index in [1.165, 1.54) is 6.92 Å². The number of nitrogens with zero attached hydrogens (tertiary/aromatic N) is 1. The molecular weight excluding hydrogens is 402 g/mol. The van der Waals surface area contributed by atoms with E-state index in [1.807, 2.05) is 6.92 Å². The van der Waals surface area contributed by atoms with Gasteiger partial charge in [0.1, 0.15) is 0 Å². The zero-order valence-corrected chi connectivity index (χ0v) is 17.9. The van der Waals surface area contributed by atoms with Crippen molar-refractivity contribution in [3.8, 4) is 0 Å². The lowest BCUT2D eigenvalue weighted by Crippen LogP contribution is -2.43. The van der Waals surface area contributed by atoms with Gasteiger partial charge in [-0.1, -0.05) is 18.5 Å². The van der Waals surface area contributed by atoms with Crippen LogP contribution in [0.5, 0.6) is 0 Å². The number of likely N-dealkylation sites (tertiary alicyclic amines) is 1. The van der Waals surface area contributed by atoms with E-state index >= 15 is 0 Å². The van der Waals surface area contributed by atoms with Gasteiger partial charge in [0.15, 0.2) is 5.78 Å². The zero-order valence-electron chi connectivity index (χ0n) is 17.2. The fourth-order valence-corrected chi connectivity index (χ4v) is 3.72. The van der Waals surface area contributed by atoms with Crippen LogP contribution < -0.4 is 10.6 Å². The van der Waals surface area contributed by atoms with E-state index in [2.05, 4.69) is 10.6 Å². The summed E-state index contributed by atoms with van der Waals surface area (Å²) in [5, 5.41) is 6.42. The number of rotatable bonds is 5. The number of carbonyl (C=O) groups is 3. The molecule has 1 atom stereocenters. The molecule has 0 aromatic heterocycles. The molecule has 0 radical (unpaired) electrons. The smallest absolute Gasteiger partial charge is 0.321 e. The highest BCUT2D eigenvalue weighted by molar-refractivity contribution is 6.30. The number of benzene rings is 2. The minimum absolute atomic E-state index is 0.00639. The van der Waals surface area contributed by atoms with Gasteiger partial charge in [0.05, 0.1) is 0 Å². The lowest BCUT2D eigenvalue weighted by Gasteiger charge is -2.34. The van der Waals surface area contributed by atoms with Crippen LogP contribution in [0, 0.1) is 11.8 Å². The van der Waals surface area contributed by atoms with Gasteiger partial charge in [-0.3, -0.25) is 9.59 Å². The summed E-state index contributed by atoms with van der Waals surface area (Å²) in [6, 6.07) is 13.8. The third-order valence-electron chi connectivity index (χ3n) is 5.60. The zero-order chi connectivity index (χ0) is 21.7. The molecule has 3 rings (SSSR count). The first-order valence-corrected chi connectivity index (χ1v) is 10.4. The molecular formula is C23H26ClN3O3. The number of urea groups is 1. The maximum atomic E-state index is 12.6. The summed E-state index contributed by atoms with van der Waals surface area (Å²) in [5.74, 6) is -0.0113. The molecule has 6 nitrogen and oxygen atoms in total. The van der Waals surface area contributed by atoms with E-state index < -0.39 is 0 Å². The maximum Gasteiger partial charge on any atom is 0.321 e. The molecule has 1 saturated heterocycles. The molecule has 0 unspecified atom stereocenters. The van der Waals surface area contributed by atoms with Gasteiger partial charge in [-0.25, -0.2) is 4.79 Å². The number of piperidine rings is 1. The molecule has 1 fully saturated rings. The Hall–Kier alpha value is -2.86. The van der Waals surface area contributed by atoms with Crippen molar-refractivity contribution in [3.05, 3.63) is 59.1 Å². The quantitative estimate of drug-likeness (QED) is 0.654. The van der Waals surface area contributed by atoms with Crippen LogP contribution in [0.2, 0.25) is 5.02 Å². The minimum Gasteiger partial charge on any atom is -0.326 e. The second-order valence-electron chi connectivity index (χ2n) is 7.67. The Balaban J connectivity index is 1.48. The maximum absolute atomic E-state index is 12.6. The fourth-order valence-electron chi connectivity index (χ4n) is 3.60. The summed E-state index contributed by atoms with van der Waals surface area (Å²) >= 11 is 5.87. The van der Waals surface area contributed by atoms with Gasteiger partial charge in [0, 0.05) is 41.0 Å². The number of anilines is 2. The SMILES string of the molecule is CC(=O)c1ccc(NC(=O)[C@@H](C)C2CCN(C(=O)Nc3ccc(Cl)cc3)CC2)cc1. The predicted octanol–water partition coefficient (Wildman–Crippen LogP) is 5.06. The van der Waals surface area contributed by atoms with Crippen LogP contribution in [0.4, 0.5) is 16.2 Å². The first-order chi connectivity index (χ1) is 14.3. The van der Waals surface area contributed by atoms with Crippen LogP contribution in [-0.4, -0.2) is 35.7 Å². The first kappa shape index (κ1) is 21.8. The topological polar surface area (TPSA) is 78.5 Å². The van der Waals surface area contributed by atoms with Crippen LogP contribution in [-0.2, 0) is 4.79 Å². The molecule has 2 aromatic rings. The molecule has 0 saturated carbocycles. The van der Waals surface area contributed by atoms with Gasteiger partial charge in [-0.15, -0.1) is 0 Å². The van der Waals surface area contributed by atoms with Crippen LogP contribution in [0.3, 0.4) is 0 Å². The summed E-state index contributed by atoms with van der Waals surface area (Å²) in [7, 11) is 0. The number of hydrogen-bond acceptors (Lipinski definition) is 3. The second-order valence-corrected chi connectivity index (χ2v) is 8.11. The van der Waals surface area contributed by atoms with Crippen molar-refractivity contribution in [3.63, 3.8) is 0 Å². The van der Waals surface area contributed by atoms with Gasteiger partial charge in [0.25, 0.3) is 0 Å². The molecule has 2 N–H and O–H groups in total. The van der Waals surface area contributed by atoms with Gasteiger partial charge in [-0.05, 0) is 74.2 Å². The van der Waals surface area contributed by atoms with Crippen LogP contribution in [0.25, 0.3) is 0 Å². The molecule has 0 aliphatic carbocycles. The summed E-state index contributed by atoms with van der Waals surface area (Å²) in [6.07, 6.45) is 1.54. The Morgan fingerprint density at radius 3 is 2.03 bits per heavy atom. The Morgan fingerprint density at radius 2 is 1.47 bits per heavy atom. The normalized spacial score (nSPS) is 15.4. The number of hydrogen-bond donors (Lipinski definition) is 2. The molecule has 7 heteroatoms. The van der Waals surface area contributed by atoms with Crippen LogP contribution in [0.15, 0.2) is 48.5 Å². The number of halogens is 1. The number of Topliss-reactive ketones (excluding diaryl/α,β-unsaturated/α-hetero) is 1.